The number of benzene rings is 1. The molecule has 3 aromatic rings. The molecule has 1 aliphatic heterocycles. The highest BCUT2D eigenvalue weighted by Crippen LogP contribution is 2.35. The molecule has 0 radical (unpaired) electrons. The Kier molecular flexibility index (Phi) is 2.79. The van der Waals surface area contributed by atoms with Crippen LogP contribution in [-0.4, -0.2) is 28.5 Å². The van der Waals surface area contributed by atoms with Crippen molar-refractivity contribution in [2.45, 2.75) is 25.8 Å². The van der Waals surface area contributed by atoms with E-state index in [0.717, 1.165) is 22.9 Å². The van der Waals surface area contributed by atoms with Gasteiger partial charge < -0.3 is 19.2 Å². The quantitative estimate of drug-likeness (QED) is 0.711. The number of carbonyl (C=O) groups excluding carboxylic acids is 1. The molecule has 1 saturated heterocycles. The lowest BCUT2D eigenvalue weighted by Crippen LogP contribution is -2.45. The summed E-state index contributed by atoms with van der Waals surface area (Å²) in [6.07, 6.45) is 1.36. The van der Waals surface area contributed by atoms with E-state index in [2.05, 4.69) is 9.97 Å². The number of nitrogens with zero attached hydrogens (tertiary/aromatic N) is 3. The number of carboxylic acid groups (broad SMARTS) is 1. The largest absolute Gasteiger partial charge is 0.548 e. The van der Waals surface area contributed by atoms with E-state index in [0.29, 0.717) is 30.2 Å². The minimum Gasteiger partial charge on any atom is -0.548 e. The first kappa shape index (κ1) is 13.1. The van der Waals surface area contributed by atoms with Gasteiger partial charge in [-0.3, -0.25) is 0 Å². The fourth-order valence-corrected chi connectivity index (χ4v) is 3.15. The van der Waals surface area contributed by atoms with Crippen molar-refractivity contribution < 1.29 is 14.3 Å². The van der Waals surface area contributed by atoms with E-state index in [9.17, 15) is 9.90 Å². The van der Waals surface area contributed by atoms with Crippen molar-refractivity contribution in [3.05, 3.63) is 30.1 Å². The maximum atomic E-state index is 11.4. The third-order valence-electron chi connectivity index (χ3n) is 4.11. The third kappa shape index (κ3) is 1.83. The minimum atomic E-state index is -1.07. The lowest BCUT2D eigenvalue weighted by molar-refractivity contribution is -0.307. The molecule has 2 aromatic heterocycles. The Hall–Kier alpha value is -2.63. The molecule has 0 amide bonds. The highest BCUT2D eigenvalue weighted by Gasteiger charge is 2.30. The number of aromatic nitrogens is 2. The van der Waals surface area contributed by atoms with Crippen LogP contribution in [0.5, 0.6) is 0 Å². The first-order chi connectivity index (χ1) is 10.6. The van der Waals surface area contributed by atoms with Crippen molar-refractivity contribution >= 4 is 33.9 Å². The molecule has 0 saturated carbocycles. The van der Waals surface area contributed by atoms with Crippen LogP contribution in [0.3, 0.4) is 0 Å². The first-order valence-corrected chi connectivity index (χ1v) is 7.28. The monoisotopic (exact) mass is 296 g/mol. The summed E-state index contributed by atoms with van der Waals surface area (Å²) in [6, 6.07) is 6.97. The van der Waals surface area contributed by atoms with Gasteiger partial charge in [0.15, 0.2) is 11.4 Å². The van der Waals surface area contributed by atoms with Gasteiger partial charge in [-0.1, -0.05) is 12.1 Å². The fourth-order valence-electron chi connectivity index (χ4n) is 3.15. The van der Waals surface area contributed by atoms with Crippen LogP contribution in [-0.2, 0) is 4.79 Å². The SMILES string of the molecule is Cc1nc(N2CCC[C@H]2C(=O)[O-])c2oc3ccccc3c2n1. The van der Waals surface area contributed by atoms with Crippen LogP contribution in [0.15, 0.2) is 28.7 Å². The molecule has 0 N–H and O–H groups in total. The Morgan fingerprint density at radius 1 is 1.36 bits per heavy atom. The van der Waals surface area contributed by atoms with Gasteiger partial charge in [0.2, 0.25) is 0 Å². The number of carbonyl (C=O) groups is 1. The van der Waals surface area contributed by atoms with E-state index in [-0.39, 0.29) is 0 Å². The molecule has 112 valence electrons. The lowest BCUT2D eigenvalue weighted by atomic mass is 10.2. The number of rotatable bonds is 2. The second kappa shape index (κ2) is 4.69. The summed E-state index contributed by atoms with van der Waals surface area (Å²) in [6.45, 7) is 2.43. The smallest absolute Gasteiger partial charge is 0.196 e. The zero-order valence-electron chi connectivity index (χ0n) is 12.1. The molecule has 6 nitrogen and oxygen atoms in total. The van der Waals surface area contributed by atoms with Crippen molar-refractivity contribution in [1.29, 1.82) is 0 Å². The molecule has 4 rings (SSSR count). The summed E-state index contributed by atoms with van der Waals surface area (Å²) < 4.78 is 5.90. The van der Waals surface area contributed by atoms with Crippen LogP contribution in [0.1, 0.15) is 18.7 Å². The molecule has 0 aliphatic carbocycles. The molecule has 1 atom stereocenters. The number of carboxylic acids is 1. The molecule has 1 aliphatic rings. The second-order valence-corrected chi connectivity index (χ2v) is 5.54. The third-order valence-corrected chi connectivity index (χ3v) is 4.11. The van der Waals surface area contributed by atoms with E-state index < -0.39 is 12.0 Å². The molecule has 1 aromatic carbocycles. The number of hydrogen-bond acceptors (Lipinski definition) is 6. The molecule has 0 unspecified atom stereocenters. The van der Waals surface area contributed by atoms with E-state index >= 15 is 0 Å². The lowest BCUT2D eigenvalue weighted by Gasteiger charge is -2.26. The van der Waals surface area contributed by atoms with Gasteiger partial charge >= 0.3 is 0 Å². The normalized spacial score (nSPS) is 18.4. The van der Waals surface area contributed by atoms with Gasteiger partial charge in [0.1, 0.15) is 16.9 Å². The van der Waals surface area contributed by atoms with Crippen LogP contribution >= 0.6 is 0 Å². The Morgan fingerprint density at radius 2 is 2.18 bits per heavy atom. The molecule has 6 heteroatoms. The molecular weight excluding hydrogens is 282 g/mol. The van der Waals surface area contributed by atoms with Gasteiger partial charge in [0, 0.05) is 11.9 Å². The average Bonchev–Trinajstić information content (AvgIpc) is 3.11. The predicted molar refractivity (Wildman–Crippen MR) is 79.4 cm³/mol. The van der Waals surface area contributed by atoms with Gasteiger partial charge in [-0.15, -0.1) is 0 Å². The number of aryl methyl sites for hydroxylation is 1. The Labute approximate surface area is 126 Å². The van der Waals surface area contributed by atoms with Crippen molar-refractivity contribution in [2.24, 2.45) is 0 Å². The fraction of sp³-hybridized carbons (Fsp3) is 0.312. The molecule has 3 heterocycles. The summed E-state index contributed by atoms with van der Waals surface area (Å²) in [5.74, 6) is 0.0708. The van der Waals surface area contributed by atoms with Gasteiger partial charge in [0.05, 0.1) is 12.0 Å². The predicted octanol–water partition coefficient (Wildman–Crippen LogP) is 1.40. The minimum absolute atomic E-state index is 0.542. The number of furan rings is 1. The highest BCUT2D eigenvalue weighted by molar-refractivity contribution is 6.06. The topological polar surface area (TPSA) is 82.3 Å². The molecular formula is C16H14N3O3-. The van der Waals surface area contributed by atoms with Crippen molar-refractivity contribution in [1.82, 2.24) is 9.97 Å². The van der Waals surface area contributed by atoms with Gasteiger partial charge in [-0.05, 0) is 31.9 Å². The van der Waals surface area contributed by atoms with Gasteiger partial charge in [0.25, 0.3) is 0 Å². The zero-order chi connectivity index (χ0) is 15.3. The van der Waals surface area contributed by atoms with E-state index in [1.165, 1.54) is 0 Å². The van der Waals surface area contributed by atoms with Crippen LogP contribution in [0.25, 0.3) is 22.1 Å². The number of hydrogen-bond donors (Lipinski definition) is 0. The Balaban J connectivity index is 1.99. The summed E-state index contributed by atoms with van der Waals surface area (Å²) in [7, 11) is 0. The summed E-state index contributed by atoms with van der Waals surface area (Å²) in [5.41, 5.74) is 1.99. The molecule has 0 spiro atoms. The van der Waals surface area contributed by atoms with E-state index in [4.69, 9.17) is 4.42 Å². The van der Waals surface area contributed by atoms with Crippen LogP contribution in [0.4, 0.5) is 5.82 Å². The molecule has 22 heavy (non-hydrogen) atoms. The maximum Gasteiger partial charge on any atom is 0.196 e. The Bertz CT molecular complexity index is 887. The summed E-state index contributed by atoms with van der Waals surface area (Å²) in [4.78, 5) is 22.0. The average molecular weight is 296 g/mol. The standard InChI is InChI=1S/C16H15N3O3/c1-9-17-13-10-5-2-3-7-12(10)22-14(13)15(18-9)19-8-4-6-11(19)16(20)21/h2-3,5,7,11H,4,6,8H2,1H3,(H,20,21)/p-1/t11-/m0/s1. The van der Waals surface area contributed by atoms with Crippen LogP contribution in [0.2, 0.25) is 0 Å². The second-order valence-electron chi connectivity index (χ2n) is 5.54. The number of aliphatic carboxylic acids is 1. The van der Waals surface area contributed by atoms with Gasteiger partial charge in [-0.2, -0.15) is 0 Å². The van der Waals surface area contributed by atoms with E-state index in [1.54, 1.807) is 11.8 Å². The van der Waals surface area contributed by atoms with Crippen LogP contribution < -0.4 is 10.0 Å². The maximum absolute atomic E-state index is 11.4. The Morgan fingerprint density at radius 3 is 3.00 bits per heavy atom. The molecule has 0 bridgehead atoms. The van der Waals surface area contributed by atoms with Crippen molar-refractivity contribution in [2.75, 3.05) is 11.4 Å². The summed E-state index contributed by atoms with van der Waals surface area (Å²) in [5, 5.41) is 12.3. The number of fused-ring (bicyclic) bond motifs is 3. The van der Waals surface area contributed by atoms with Crippen molar-refractivity contribution in [3.63, 3.8) is 0 Å². The summed E-state index contributed by atoms with van der Waals surface area (Å²) >= 11 is 0. The number of anilines is 1. The molecule has 1 fully saturated rings. The first-order valence-electron chi connectivity index (χ1n) is 7.28. The number of para-hydroxylation sites is 1. The van der Waals surface area contributed by atoms with E-state index in [1.807, 2.05) is 24.3 Å². The van der Waals surface area contributed by atoms with Gasteiger partial charge in [-0.25, -0.2) is 9.97 Å². The highest BCUT2D eigenvalue weighted by atomic mass is 16.4. The van der Waals surface area contributed by atoms with Crippen LogP contribution in [0, 0.1) is 6.92 Å². The van der Waals surface area contributed by atoms with Crippen molar-refractivity contribution in [3.8, 4) is 0 Å². The zero-order valence-corrected chi connectivity index (χ0v) is 12.1.